The number of carbonyl (C=O) groups is 1. The van der Waals surface area contributed by atoms with Gasteiger partial charge in [0.25, 0.3) is 0 Å². The summed E-state index contributed by atoms with van der Waals surface area (Å²) >= 11 is 12.1. The third-order valence-corrected chi connectivity index (χ3v) is 4.39. The van der Waals surface area contributed by atoms with Crippen LogP contribution < -0.4 is 10.6 Å². The molecule has 0 saturated carbocycles. The largest absolute Gasteiger partial charge is 0.339 e. The van der Waals surface area contributed by atoms with Crippen molar-refractivity contribution >= 4 is 46.3 Å². The van der Waals surface area contributed by atoms with Gasteiger partial charge < -0.3 is 10.6 Å². The Morgan fingerprint density at radius 2 is 1.85 bits per heavy atom. The van der Waals surface area contributed by atoms with E-state index in [1.54, 1.807) is 48.5 Å². The fourth-order valence-corrected chi connectivity index (χ4v) is 2.65. The maximum atomic E-state index is 13.6. The standard InChI is InChI=1S/C19H14Cl2FN3O/c20-14-5-3-7-16(19(14)21)25-17-9-8-13(11-23-17)24-18(26)10-12-4-1-2-6-15(12)22/h1-9,11H,10H2,(H,23,25)(H,24,26). The molecule has 0 fully saturated rings. The van der Waals surface area contributed by atoms with Crippen molar-refractivity contribution in [2.24, 2.45) is 0 Å². The molecular formula is C19H14Cl2FN3O. The fourth-order valence-electron chi connectivity index (χ4n) is 2.30. The van der Waals surface area contributed by atoms with Crippen molar-refractivity contribution in [3.63, 3.8) is 0 Å². The van der Waals surface area contributed by atoms with Crippen LogP contribution in [0.2, 0.25) is 10.0 Å². The highest BCUT2D eigenvalue weighted by Gasteiger charge is 2.09. The van der Waals surface area contributed by atoms with Gasteiger partial charge in [0.05, 0.1) is 34.0 Å². The lowest BCUT2D eigenvalue weighted by molar-refractivity contribution is -0.115. The number of aromatic nitrogens is 1. The Morgan fingerprint density at radius 1 is 1.04 bits per heavy atom. The summed E-state index contributed by atoms with van der Waals surface area (Å²) in [6.45, 7) is 0. The molecule has 2 N–H and O–H groups in total. The first kappa shape index (κ1) is 18.2. The van der Waals surface area contributed by atoms with Crippen molar-refractivity contribution in [2.45, 2.75) is 6.42 Å². The van der Waals surface area contributed by atoms with Crippen molar-refractivity contribution in [3.05, 3.63) is 82.2 Å². The van der Waals surface area contributed by atoms with Gasteiger partial charge in [-0.15, -0.1) is 0 Å². The van der Waals surface area contributed by atoms with E-state index in [1.807, 2.05) is 0 Å². The zero-order valence-corrected chi connectivity index (χ0v) is 15.0. The summed E-state index contributed by atoms with van der Waals surface area (Å²) in [5.74, 6) is -0.185. The van der Waals surface area contributed by atoms with Crippen LogP contribution >= 0.6 is 23.2 Å². The second kappa shape index (κ2) is 8.17. The number of benzene rings is 2. The minimum absolute atomic E-state index is 0.0508. The molecule has 26 heavy (non-hydrogen) atoms. The van der Waals surface area contributed by atoms with Crippen molar-refractivity contribution in [1.82, 2.24) is 4.98 Å². The highest BCUT2D eigenvalue weighted by atomic mass is 35.5. The van der Waals surface area contributed by atoms with E-state index in [2.05, 4.69) is 15.6 Å². The number of rotatable bonds is 5. The zero-order valence-electron chi connectivity index (χ0n) is 13.5. The average Bonchev–Trinajstić information content (AvgIpc) is 2.62. The summed E-state index contributed by atoms with van der Waals surface area (Å²) in [4.78, 5) is 16.3. The molecule has 0 aliphatic rings. The number of nitrogens with one attached hydrogen (secondary N) is 2. The molecule has 1 amide bonds. The van der Waals surface area contributed by atoms with Crippen LogP contribution in [-0.2, 0) is 11.2 Å². The highest BCUT2D eigenvalue weighted by Crippen LogP contribution is 2.31. The molecule has 132 valence electrons. The van der Waals surface area contributed by atoms with Gasteiger partial charge in [-0.25, -0.2) is 9.37 Å². The molecule has 0 aliphatic carbocycles. The molecule has 0 atom stereocenters. The lowest BCUT2D eigenvalue weighted by Gasteiger charge is -2.10. The predicted octanol–water partition coefficient (Wildman–Crippen LogP) is 5.45. The number of carbonyl (C=O) groups excluding carboxylic acids is 1. The maximum Gasteiger partial charge on any atom is 0.228 e. The zero-order chi connectivity index (χ0) is 18.5. The second-order valence-electron chi connectivity index (χ2n) is 5.47. The van der Waals surface area contributed by atoms with E-state index in [0.29, 0.717) is 32.8 Å². The van der Waals surface area contributed by atoms with Crippen LogP contribution in [0.3, 0.4) is 0 Å². The van der Waals surface area contributed by atoms with Crippen molar-refractivity contribution in [2.75, 3.05) is 10.6 Å². The van der Waals surface area contributed by atoms with Gasteiger partial charge in [0.2, 0.25) is 5.91 Å². The summed E-state index contributed by atoms with van der Waals surface area (Å²) in [6, 6.07) is 14.8. The molecule has 2 aromatic carbocycles. The summed E-state index contributed by atoms with van der Waals surface area (Å²) in [6.07, 6.45) is 1.45. The molecule has 0 aliphatic heterocycles. The van der Waals surface area contributed by atoms with E-state index in [9.17, 15) is 9.18 Å². The van der Waals surface area contributed by atoms with Crippen LogP contribution in [0.5, 0.6) is 0 Å². The third kappa shape index (κ3) is 4.50. The molecule has 1 aromatic heterocycles. The van der Waals surface area contributed by atoms with Gasteiger partial charge in [0, 0.05) is 0 Å². The van der Waals surface area contributed by atoms with Gasteiger partial charge in [-0.3, -0.25) is 4.79 Å². The van der Waals surface area contributed by atoms with Crippen molar-refractivity contribution in [3.8, 4) is 0 Å². The lowest BCUT2D eigenvalue weighted by atomic mass is 10.1. The number of halogens is 3. The smallest absolute Gasteiger partial charge is 0.228 e. The molecule has 1 heterocycles. The van der Waals surface area contributed by atoms with E-state index in [0.717, 1.165) is 0 Å². The number of anilines is 3. The lowest BCUT2D eigenvalue weighted by Crippen LogP contribution is -2.15. The van der Waals surface area contributed by atoms with Crippen molar-refractivity contribution in [1.29, 1.82) is 0 Å². The number of amides is 1. The van der Waals surface area contributed by atoms with Crippen LogP contribution in [0.4, 0.5) is 21.6 Å². The molecule has 0 unspecified atom stereocenters. The Bertz CT molecular complexity index is 932. The first-order chi connectivity index (χ1) is 12.5. The first-order valence-electron chi connectivity index (χ1n) is 7.73. The number of hydrogen-bond donors (Lipinski definition) is 2. The topological polar surface area (TPSA) is 54.0 Å². The Kier molecular flexibility index (Phi) is 5.71. The summed E-state index contributed by atoms with van der Waals surface area (Å²) in [7, 11) is 0. The van der Waals surface area contributed by atoms with E-state index in [1.165, 1.54) is 12.3 Å². The molecule has 0 bridgehead atoms. The van der Waals surface area contributed by atoms with Gasteiger partial charge in [-0.1, -0.05) is 47.5 Å². The molecule has 0 radical (unpaired) electrons. The van der Waals surface area contributed by atoms with Gasteiger partial charge in [0.15, 0.2) is 0 Å². The summed E-state index contributed by atoms with van der Waals surface area (Å²) in [5.41, 5.74) is 1.48. The molecule has 0 saturated heterocycles. The van der Waals surface area contributed by atoms with Crippen molar-refractivity contribution < 1.29 is 9.18 Å². The van der Waals surface area contributed by atoms with Gasteiger partial charge in [-0.2, -0.15) is 0 Å². The SMILES string of the molecule is O=C(Cc1ccccc1F)Nc1ccc(Nc2cccc(Cl)c2Cl)nc1. The molecule has 4 nitrogen and oxygen atoms in total. The van der Waals surface area contributed by atoms with E-state index in [-0.39, 0.29) is 12.3 Å². The maximum absolute atomic E-state index is 13.6. The van der Waals surface area contributed by atoms with Gasteiger partial charge in [-0.05, 0) is 35.9 Å². The van der Waals surface area contributed by atoms with Gasteiger partial charge in [0.1, 0.15) is 11.6 Å². The fraction of sp³-hybridized carbons (Fsp3) is 0.0526. The third-order valence-electron chi connectivity index (χ3n) is 3.57. The van der Waals surface area contributed by atoms with Crippen LogP contribution in [0.25, 0.3) is 0 Å². The average molecular weight is 390 g/mol. The van der Waals surface area contributed by atoms with Crippen LogP contribution in [0, 0.1) is 5.82 Å². The predicted molar refractivity (Wildman–Crippen MR) is 103 cm³/mol. The minimum atomic E-state index is -0.404. The van der Waals surface area contributed by atoms with Crippen LogP contribution in [0.15, 0.2) is 60.8 Å². The Morgan fingerprint density at radius 3 is 2.58 bits per heavy atom. The van der Waals surface area contributed by atoms with E-state index >= 15 is 0 Å². The summed E-state index contributed by atoms with van der Waals surface area (Å²) in [5, 5.41) is 6.58. The molecule has 3 aromatic rings. The van der Waals surface area contributed by atoms with E-state index < -0.39 is 5.82 Å². The number of nitrogens with zero attached hydrogens (tertiary/aromatic N) is 1. The molecule has 3 rings (SSSR count). The minimum Gasteiger partial charge on any atom is -0.339 e. The number of hydrogen-bond acceptors (Lipinski definition) is 3. The monoisotopic (exact) mass is 389 g/mol. The quantitative estimate of drug-likeness (QED) is 0.609. The molecule has 0 spiro atoms. The van der Waals surface area contributed by atoms with Crippen LogP contribution in [-0.4, -0.2) is 10.9 Å². The molecular weight excluding hydrogens is 376 g/mol. The normalized spacial score (nSPS) is 10.4. The van der Waals surface area contributed by atoms with Crippen LogP contribution in [0.1, 0.15) is 5.56 Å². The second-order valence-corrected chi connectivity index (χ2v) is 6.26. The Labute approximate surface area is 160 Å². The Hall–Kier alpha value is -2.63. The van der Waals surface area contributed by atoms with E-state index in [4.69, 9.17) is 23.2 Å². The first-order valence-corrected chi connectivity index (χ1v) is 8.49. The highest BCUT2D eigenvalue weighted by molar-refractivity contribution is 6.43. The molecule has 7 heteroatoms. The number of pyridine rings is 1. The summed E-state index contributed by atoms with van der Waals surface area (Å²) < 4.78 is 13.6. The van der Waals surface area contributed by atoms with Gasteiger partial charge >= 0.3 is 0 Å². The Balaban J connectivity index is 1.63.